The molecular weight excluding hydrogens is 276 g/mol. The van der Waals surface area contributed by atoms with Crippen molar-refractivity contribution in [3.8, 4) is 0 Å². The largest absolute Gasteiger partial charge is 0.324 e. The monoisotopic (exact) mass is 296 g/mol. The summed E-state index contributed by atoms with van der Waals surface area (Å²) in [7, 11) is -3.36. The first-order valence-corrected chi connectivity index (χ1v) is 8.72. The zero-order chi connectivity index (χ0) is 14.6. The Bertz CT molecular complexity index is 578. The predicted molar refractivity (Wildman–Crippen MR) is 80.1 cm³/mol. The summed E-state index contributed by atoms with van der Waals surface area (Å²) in [5.41, 5.74) is 0.910. The van der Waals surface area contributed by atoms with Crippen molar-refractivity contribution >= 4 is 27.3 Å². The molecule has 1 aromatic carbocycles. The third kappa shape index (κ3) is 4.23. The lowest BCUT2D eigenvalue weighted by Crippen LogP contribution is -2.25. The fourth-order valence-corrected chi connectivity index (χ4v) is 3.06. The molecule has 2 rings (SSSR count). The van der Waals surface area contributed by atoms with Crippen LogP contribution in [0.1, 0.15) is 32.1 Å². The van der Waals surface area contributed by atoms with Gasteiger partial charge < -0.3 is 5.32 Å². The van der Waals surface area contributed by atoms with Crippen molar-refractivity contribution in [1.29, 1.82) is 0 Å². The predicted octanol–water partition coefficient (Wildman–Crippen LogP) is 2.58. The molecule has 0 heterocycles. The molecule has 1 amide bonds. The summed E-state index contributed by atoms with van der Waals surface area (Å²) in [6.07, 6.45) is 6.27. The Morgan fingerprint density at radius 2 is 1.70 bits per heavy atom. The Morgan fingerprint density at radius 3 is 2.30 bits per heavy atom. The highest BCUT2D eigenvalue weighted by molar-refractivity contribution is 7.92. The second kappa shape index (κ2) is 6.26. The highest BCUT2D eigenvalue weighted by atomic mass is 32.2. The normalized spacial score (nSPS) is 16.6. The van der Waals surface area contributed by atoms with Crippen molar-refractivity contribution in [3.05, 3.63) is 24.3 Å². The smallest absolute Gasteiger partial charge is 0.229 e. The molecule has 1 saturated carbocycles. The van der Waals surface area contributed by atoms with Crippen molar-refractivity contribution in [2.75, 3.05) is 16.3 Å². The Kier molecular flexibility index (Phi) is 4.65. The van der Waals surface area contributed by atoms with Gasteiger partial charge in [0.1, 0.15) is 0 Å². The van der Waals surface area contributed by atoms with Crippen LogP contribution in [0.25, 0.3) is 0 Å². The highest BCUT2D eigenvalue weighted by Crippen LogP contribution is 2.27. The maximum Gasteiger partial charge on any atom is 0.229 e. The lowest BCUT2D eigenvalue weighted by molar-refractivity contribution is -0.120. The van der Waals surface area contributed by atoms with Gasteiger partial charge >= 0.3 is 0 Å². The summed E-state index contributed by atoms with van der Waals surface area (Å²) >= 11 is 0. The molecule has 0 atom stereocenters. The minimum Gasteiger partial charge on any atom is -0.324 e. The Hall–Kier alpha value is -1.56. The summed E-state index contributed by atoms with van der Waals surface area (Å²) in [6.45, 7) is 0. The number of sulfonamides is 1. The number of para-hydroxylation sites is 2. The standard InChI is InChI=1S/C14H20N2O3S/c1-20(18,19)16-13-10-6-5-9-12(13)15-14(17)11-7-3-2-4-8-11/h5-6,9-11,16H,2-4,7-8H2,1H3,(H,15,17). The van der Waals surface area contributed by atoms with Gasteiger partial charge in [-0.15, -0.1) is 0 Å². The van der Waals surface area contributed by atoms with E-state index >= 15 is 0 Å². The number of nitrogens with one attached hydrogen (secondary N) is 2. The Labute approximate surface area is 119 Å². The Balaban J connectivity index is 2.10. The molecule has 0 aromatic heterocycles. The van der Waals surface area contributed by atoms with Crippen LogP contribution in [-0.2, 0) is 14.8 Å². The Morgan fingerprint density at radius 1 is 1.10 bits per heavy atom. The summed E-state index contributed by atoms with van der Waals surface area (Å²) in [4.78, 5) is 12.2. The minimum atomic E-state index is -3.36. The molecular formula is C14H20N2O3S. The third-order valence-corrected chi connectivity index (χ3v) is 4.05. The second-order valence-electron chi connectivity index (χ2n) is 5.24. The van der Waals surface area contributed by atoms with E-state index in [0.29, 0.717) is 11.4 Å². The van der Waals surface area contributed by atoms with Crippen LogP contribution in [0.2, 0.25) is 0 Å². The van der Waals surface area contributed by atoms with Gasteiger partial charge in [0.15, 0.2) is 0 Å². The van der Waals surface area contributed by atoms with Crippen molar-refractivity contribution in [2.24, 2.45) is 5.92 Å². The van der Waals surface area contributed by atoms with Crippen LogP contribution in [0.15, 0.2) is 24.3 Å². The van der Waals surface area contributed by atoms with E-state index < -0.39 is 10.0 Å². The van der Waals surface area contributed by atoms with Crippen LogP contribution in [0.5, 0.6) is 0 Å². The number of hydrogen-bond acceptors (Lipinski definition) is 3. The van der Waals surface area contributed by atoms with E-state index in [4.69, 9.17) is 0 Å². The first-order chi connectivity index (χ1) is 9.46. The van der Waals surface area contributed by atoms with Gasteiger partial charge in [0.05, 0.1) is 17.6 Å². The number of carbonyl (C=O) groups excluding carboxylic acids is 1. The van der Waals surface area contributed by atoms with Gasteiger partial charge in [-0.05, 0) is 25.0 Å². The van der Waals surface area contributed by atoms with E-state index in [0.717, 1.165) is 31.9 Å². The molecule has 0 aliphatic heterocycles. The van der Waals surface area contributed by atoms with Crippen LogP contribution < -0.4 is 10.0 Å². The molecule has 1 aliphatic rings. The summed E-state index contributed by atoms with van der Waals surface area (Å²) in [5, 5.41) is 2.84. The first-order valence-electron chi connectivity index (χ1n) is 6.83. The molecule has 0 spiro atoms. The van der Waals surface area contributed by atoms with Crippen LogP contribution in [-0.4, -0.2) is 20.6 Å². The van der Waals surface area contributed by atoms with Crippen molar-refractivity contribution in [1.82, 2.24) is 0 Å². The van der Waals surface area contributed by atoms with Crippen LogP contribution in [0.3, 0.4) is 0 Å². The van der Waals surface area contributed by atoms with Crippen molar-refractivity contribution in [3.63, 3.8) is 0 Å². The molecule has 0 radical (unpaired) electrons. The van der Waals surface area contributed by atoms with Crippen LogP contribution in [0.4, 0.5) is 11.4 Å². The van der Waals surface area contributed by atoms with Crippen LogP contribution in [0, 0.1) is 5.92 Å². The topological polar surface area (TPSA) is 75.3 Å². The van der Waals surface area contributed by atoms with Gasteiger partial charge in [-0.2, -0.15) is 0 Å². The second-order valence-corrected chi connectivity index (χ2v) is 6.99. The zero-order valence-electron chi connectivity index (χ0n) is 11.6. The molecule has 1 aliphatic carbocycles. The molecule has 110 valence electrons. The lowest BCUT2D eigenvalue weighted by Gasteiger charge is -2.21. The van der Waals surface area contributed by atoms with Crippen molar-refractivity contribution in [2.45, 2.75) is 32.1 Å². The van der Waals surface area contributed by atoms with Gasteiger partial charge in [-0.1, -0.05) is 31.4 Å². The van der Waals surface area contributed by atoms with E-state index in [1.54, 1.807) is 24.3 Å². The fourth-order valence-electron chi connectivity index (χ4n) is 2.48. The van der Waals surface area contributed by atoms with E-state index in [2.05, 4.69) is 10.0 Å². The summed E-state index contributed by atoms with van der Waals surface area (Å²) < 4.78 is 25.0. The average molecular weight is 296 g/mol. The molecule has 1 aromatic rings. The van der Waals surface area contributed by atoms with E-state index in [9.17, 15) is 13.2 Å². The first kappa shape index (κ1) is 14.8. The summed E-state index contributed by atoms with van der Waals surface area (Å²) in [6, 6.07) is 6.83. The number of hydrogen-bond donors (Lipinski definition) is 2. The number of rotatable bonds is 4. The van der Waals surface area contributed by atoms with Gasteiger partial charge in [0, 0.05) is 5.92 Å². The zero-order valence-corrected chi connectivity index (χ0v) is 12.4. The molecule has 20 heavy (non-hydrogen) atoms. The van der Waals surface area contributed by atoms with Gasteiger partial charge in [0.25, 0.3) is 0 Å². The van der Waals surface area contributed by atoms with Gasteiger partial charge in [0.2, 0.25) is 15.9 Å². The minimum absolute atomic E-state index is 0.0209. The molecule has 6 heteroatoms. The molecule has 2 N–H and O–H groups in total. The number of benzene rings is 1. The molecule has 0 unspecified atom stereocenters. The molecule has 5 nitrogen and oxygen atoms in total. The van der Waals surface area contributed by atoms with Crippen LogP contribution >= 0.6 is 0 Å². The summed E-state index contributed by atoms with van der Waals surface area (Å²) in [5.74, 6) is 0.0162. The van der Waals surface area contributed by atoms with E-state index in [-0.39, 0.29) is 11.8 Å². The van der Waals surface area contributed by atoms with Gasteiger partial charge in [-0.25, -0.2) is 8.42 Å². The molecule has 0 bridgehead atoms. The molecule has 0 saturated heterocycles. The lowest BCUT2D eigenvalue weighted by atomic mass is 9.88. The average Bonchev–Trinajstić information content (AvgIpc) is 2.40. The highest BCUT2D eigenvalue weighted by Gasteiger charge is 2.21. The number of amides is 1. The molecule has 1 fully saturated rings. The van der Waals surface area contributed by atoms with Gasteiger partial charge in [-0.3, -0.25) is 9.52 Å². The maximum atomic E-state index is 12.2. The number of anilines is 2. The third-order valence-electron chi connectivity index (χ3n) is 3.46. The van der Waals surface area contributed by atoms with Crippen molar-refractivity contribution < 1.29 is 13.2 Å². The van der Waals surface area contributed by atoms with E-state index in [1.165, 1.54) is 6.42 Å². The van der Waals surface area contributed by atoms with E-state index in [1.807, 2.05) is 0 Å². The fraction of sp³-hybridized carbons (Fsp3) is 0.500. The maximum absolute atomic E-state index is 12.2. The SMILES string of the molecule is CS(=O)(=O)Nc1ccccc1NC(=O)C1CCCCC1. The number of carbonyl (C=O) groups is 1. The quantitative estimate of drug-likeness (QED) is 0.896.